The first kappa shape index (κ1) is 23.7. The van der Waals surface area contributed by atoms with Crippen LogP contribution in [0.25, 0.3) is 22.0 Å². The summed E-state index contributed by atoms with van der Waals surface area (Å²) < 4.78 is 11.6. The van der Waals surface area contributed by atoms with Gasteiger partial charge < -0.3 is 19.7 Å². The van der Waals surface area contributed by atoms with E-state index in [0.29, 0.717) is 39.4 Å². The number of nitriles is 1. The van der Waals surface area contributed by atoms with E-state index in [0.717, 1.165) is 23.2 Å². The van der Waals surface area contributed by atoms with E-state index in [1.165, 1.54) is 14.0 Å². The summed E-state index contributed by atoms with van der Waals surface area (Å²) >= 11 is 0. The molecule has 1 heterocycles. The van der Waals surface area contributed by atoms with Crippen LogP contribution < -0.4 is 14.8 Å². The van der Waals surface area contributed by atoms with Crippen LogP contribution in [0.2, 0.25) is 0 Å². The Balaban J connectivity index is 1.78. The quantitative estimate of drug-likeness (QED) is 0.382. The van der Waals surface area contributed by atoms with Crippen molar-refractivity contribution in [1.29, 1.82) is 5.26 Å². The number of carbonyl (C=O) groups is 1. The van der Waals surface area contributed by atoms with Crippen LogP contribution in [0, 0.1) is 11.3 Å². The second kappa shape index (κ2) is 10.2. The van der Waals surface area contributed by atoms with Crippen molar-refractivity contribution >= 4 is 22.5 Å². The third-order valence-electron chi connectivity index (χ3n) is 5.41. The van der Waals surface area contributed by atoms with Gasteiger partial charge in [-0.3, -0.25) is 9.78 Å². The van der Waals surface area contributed by atoms with Gasteiger partial charge in [0.25, 0.3) is 0 Å². The number of pyridine rings is 1. The molecule has 0 saturated heterocycles. The maximum Gasteiger partial charge on any atom is 0.221 e. The van der Waals surface area contributed by atoms with Crippen molar-refractivity contribution < 1.29 is 14.3 Å². The van der Waals surface area contributed by atoms with Gasteiger partial charge in [-0.05, 0) is 61.6 Å². The minimum atomic E-state index is -0.150. The highest BCUT2D eigenvalue weighted by atomic mass is 16.5. The number of fused-ring (bicyclic) bond motifs is 1. The Labute approximate surface area is 204 Å². The molecule has 0 bridgehead atoms. The second-order valence-corrected chi connectivity index (χ2v) is 8.42. The molecule has 0 aliphatic rings. The Kier molecular flexibility index (Phi) is 6.95. The lowest BCUT2D eigenvalue weighted by Gasteiger charge is -2.16. The fourth-order valence-corrected chi connectivity index (χ4v) is 3.95. The summed E-state index contributed by atoms with van der Waals surface area (Å²) in [7, 11) is 5.57. The second-order valence-electron chi connectivity index (χ2n) is 8.42. The lowest BCUT2D eigenvalue weighted by atomic mass is 10.0. The molecule has 1 aromatic heterocycles. The molecule has 7 heteroatoms. The molecular formula is C28H26N4O3. The van der Waals surface area contributed by atoms with Crippen molar-refractivity contribution in [3.05, 3.63) is 78.0 Å². The van der Waals surface area contributed by atoms with Gasteiger partial charge in [-0.25, -0.2) is 0 Å². The Morgan fingerprint density at radius 1 is 1.09 bits per heavy atom. The van der Waals surface area contributed by atoms with E-state index in [1.54, 1.807) is 30.5 Å². The molecule has 4 rings (SSSR count). The van der Waals surface area contributed by atoms with Crippen LogP contribution in [0.1, 0.15) is 18.1 Å². The summed E-state index contributed by atoms with van der Waals surface area (Å²) in [5, 5.41) is 13.1. The van der Waals surface area contributed by atoms with E-state index in [-0.39, 0.29) is 5.91 Å². The zero-order valence-electron chi connectivity index (χ0n) is 20.1. The van der Waals surface area contributed by atoms with Gasteiger partial charge in [-0.15, -0.1) is 0 Å². The molecule has 7 nitrogen and oxygen atoms in total. The normalized spacial score (nSPS) is 10.7. The van der Waals surface area contributed by atoms with Gasteiger partial charge in [0.15, 0.2) is 0 Å². The van der Waals surface area contributed by atoms with E-state index in [4.69, 9.17) is 9.47 Å². The van der Waals surface area contributed by atoms with Gasteiger partial charge in [0, 0.05) is 42.4 Å². The summed E-state index contributed by atoms with van der Waals surface area (Å²) in [5.74, 6) is 1.47. The Bertz CT molecular complexity index is 1440. The highest BCUT2D eigenvalue weighted by molar-refractivity contribution is 5.94. The lowest BCUT2D eigenvalue weighted by molar-refractivity contribution is -0.114. The third-order valence-corrected chi connectivity index (χ3v) is 5.41. The summed E-state index contributed by atoms with van der Waals surface area (Å²) in [6, 6.07) is 21.1. The maximum absolute atomic E-state index is 11.9. The molecule has 0 radical (unpaired) electrons. The van der Waals surface area contributed by atoms with Crippen LogP contribution in [0.3, 0.4) is 0 Å². The molecule has 0 fully saturated rings. The van der Waals surface area contributed by atoms with Gasteiger partial charge in [0.1, 0.15) is 23.3 Å². The van der Waals surface area contributed by atoms with E-state index in [9.17, 15) is 10.1 Å². The van der Waals surface area contributed by atoms with Crippen molar-refractivity contribution in [2.75, 3.05) is 26.5 Å². The summed E-state index contributed by atoms with van der Waals surface area (Å²) in [4.78, 5) is 18.3. The molecule has 1 N–H and O–H groups in total. The largest absolute Gasteiger partial charge is 0.495 e. The van der Waals surface area contributed by atoms with Crippen LogP contribution in [0.4, 0.5) is 5.69 Å². The fourth-order valence-electron chi connectivity index (χ4n) is 3.95. The predicted octanol–water partition coefficient (Wildman–Crippen LogP) is 5.59. The zero-order chi connectivity index (χ0) is 24.9. The van der Waals surface area contributed by atoms with E-state index in [2.05, 4.69) is 33.4 Å². The van der Waals surface area contributed by atoms with Gasteiger partial charge in [-0.1, -0.05) is 18.2 Å². The highest BCUT2D eigenvalue weighted by Gasteiger charge is 2.13. The first-order valence-corrected chi connectivity index (χ1v) is 11.1. The molecule has 1 amide bonds. The zero-order valence-corrected chi connectivity index (χ0v) is 20.1. The minimum Gasteiger partial charge on any atom is -0.495 e. The van der Waals surface area contributed by atoms with Crippen molar-refractivity contribution in [3.8, 4) is 34.4 Å². The standard InChI is InChI=1S/C28H26N4O3/c1-18(33)31-25-9-8-22(14-23(25)20-7-5-6-19(12-20)17-32(2)3)35-27-10-11-30-26-15-28(34-4)21(16-29)13-24(26)27/h5-15H,17H2,1-4H3,(H,31,33). The van der Waals surface area contributed by atoms with Crippen LogP contribution in [-0.2, 0) is 11.3 Å². The van der Waals surface area contributed by atoms with Crippen molar-refractivity contribution in [2.24, 2.45) is 0 Å². The summed E-state index contributed by atoms with van der Waals surface area (Å²) in [6.07, 6.45) is 1.65. The number of nitrogens with one attached hydrogen (secondary N) is 1. The molecule has 0 aliphatic heterocycles. The molecule has 0 aliphatic carbocycles. The Morgan fingerprint density at radius 2 is 1.91 bits per heavy atom. The lowest BCUT2D eigenvalue weighted by Crippen LogP contribution is -2.10. The number of benzene rings is 3. The fraction of sp³-hybridized carbons (Fsp3) is 0.179. The number of methoxy groups -OCH3 is 1. The van der Waals surface area contributed by atoms with E-state index < -0.39 is 0 Å². The number of hydrogen-bond acceptors (Lipinski definition) is 6. The number of ether oxygens (including phenoxy) is 2. The molecular weight excluding hydrogens is 440 g/mol. The SMILES string of the molecule is COc1cc2nccc(Oc3ccc(NC(C)=O)c(-c4cccc(CN(C)C)c4)c3)c2cc1C#N. The van der Waals surface area contributed by atoms with E-state index >= 15 is 0 Å². The number of aromatic nitrogens is 1. The van der Waals surface area contributed by atoms with Crippen LogP contribution in [0.5, 0.6) is 17.2 Å². The number of carbonyl (C=O) groups excluding carboxylic acids is 1. The van der Waals surface area contributed by atoms with Crippen molar-refractivity contribution in [3.63, 3.8) is 0 Å². The van der Waals surface area contributed by atoms with Crippen LogP contribution >= 0.6 is 0 Å². The number of hydrogen-bond donors (Lipinski definition) is 1. The first-order valence-electron chi connectivity index (χ1n) is 11.1. The van der Waals surface area contributed by atoms with Crippen molar-refractivity contribution in [1.82, 2.24) is 9.88 Å². The maximum atomic E-state index is 11.9. The number of nitrogens with zero attached hydrogens (tertiary/aromatic N) is 3. The summed E-state index contributed by atoms with van der Waals surface area (Å²) in [6.45, 7) is 2.29. The first-order chi connectivity index (χ1) is 16.9. The molecule has 4 aromatic rings. The Morgan fingerprint density at radius 3 is 2.63 bits per heavy atom. The molecule has 0 atom stereocenters. The van der Waals surface area contributed by atoms with E-state index in [1.807, 2.05) is 38.4 Å². The molecule has 0 unspecified atom stereocenters. The van der Waals surface area contributed by atoms with Gasteiger partial charge >= 0.3 is 0 Å². The average Bonchev–Trinajstić information content (AvgIpc) is 2.83. The molecule has 35 heavy (non-hydrogen) atoms. The van der Waals surface area contributed by atoms with Crippen LogP contribution in [0.15, 0.2) is 66.9 Å². The molecule has 176 valence electrons. The number of amides is 1. The minimum absolute atomic E-state index is 0.150. The topological polar surface area (TPSA) is 87.5 Å². The van der Waals surface area contributed by atoms with Crippen molar-refractivity contribution in [2.45, 2.75) is 13.5 Å². The highest BCUT2D eigenvalue weighted by Crippen LogP contribution is 2.37. The summed E-state index contributed by atoms with van der Waals surface area (Å²) in [5.41, 5.74) is 4.72. The molecule has 0 spiro atoms. The van der Waals surface area contributed by atoms with Crippen LogP contribution in [-0.4, -0.2) is 37.0 Å². The van der Waals surface area contributed by atoms with Gasteiger partial charge in [-0.2, -0.15) is 5.26 Å². The smallest absolute Gasteiger partial charge is 0.221 e. The third kappa shape index (κ3) is 5.40. The Hall–Kier alpha value is -4.41. The monoisotopic (exact) mass is 466 g/mol. The average molecular weight is 467 g/mol. The van der Waals surface area contributed by atoms with Gasteiger partial charge in [0.2, 0.25) is 5.91 Å². The molecule has 0 saturated carbocycles. The van der Waals surface area contributed by atoms with Gasteiger partial charge in [0.05, 0.1) is 18.2 Å². The number of anilines is 1. The number of rotatable bonds is 7. The molecule has 3 aromatic carbocycles. The predicted molar refractivity (Wildman–Crippen MR) is 137 cm³/mol.